The van der Waals surface area contributed by atoms with Crippen molar-refractivity contribution in [1.29, 1.82) is 0 Å². The number of hydrogen-bond donors (Lipinski definition) is 2. The maximum Gasteiger partial charge on any atom is 0.226 e. The van der Waals surface area contributed by atoms with Crippen LogP contribution in [-0.4, -0.2) is 29.3 Å². The molecule has 0 saturated carbocycles. The summed E-state index contributed by atoms with van der Waals surface area (Å²) < 4.78 is 5.15. The molecular formula is C14H18N2O3. The smallest absolute Gasteiger partial charge is 0.226 e. The number of fused-ring (bicyclic) bond motifs is 1. The Labute approximate surface area is 111 Å². The molecule has 2 aromatic rings. The number of para-hydroxylation sites is 1. The number of amides is 1. The topological polar surface area (TPSA) is 75.4 Å². The zero-order valence-electron chi connectivity index (χ0n) is 11.1. The second-order valence-electron chi connectivity index (χ2n) is 5.40. The van der Waals surface area contributed by atoms with Crippen LogP contribution in [0.2, 0.25) is 0 Å². The Morgan fingerprint density at radius 3 is 2.89 bits per heavy atom. The third-order valence-corrected chi connectivity index (χ3v) is 2.97. The van der Waals surface area contributed by atoms with E-state index in [1.807, 2.05) is 38.1 Å². The molecule has 1 amide bonds. The van der Waals surface area contributed by atoms with Crippen molar-refractivity contribution in [2.24, 2.45) is 5.41 Å². The van der Waals surface area contributed by atoms with Crippen molar-refractivity contribution >= 4 is 16.9 Å². The minimum Gasteiger partial charge on any atom is -0.396 e. The Hall–Kier alpha value is -1.88. The van der Waals surface area contributed by atoms with Crippen molar-refractivity contribution < 1.29 is 14.4 Å². The normalized spacial score (nSPS) is 11.7. The highest BCUT2D eigenvalue weighted by atomic mass is 16.5. The summed E-state index contributed by atoms with van der Waals surface area (Å²) in [6.07, 6.45) is 0.179. The number of carbonyl (C=O) groups excluding carboxylic acids is 1. The molecule has 0 atom stereocenters. The number of aromatic nitrogens is 1. The van der Waals surface area contributed by atoms with E-state index in [0.29, 0.717) is 17.8 Å². The van der Waals surface area contributed by atoms with Crippen molar-refractivity contribution in [2.45, 2.75) is 20.3 Å². The number of nitrogens with one attached hydrogen (secondary N) is 1. The predicted molar refractivity (Wildman–Crippen MR) is 71.6 cm³/mol. The number of hydrogen-bond acceptors (Lipinski definition) is 4. The summed E-state index contributed by atoms with van der Waals surface area (Å²) in [7, 11) is 0. The van der Waals surface area contributed by atoms with Crippen molar-refractivity contribution in [3.05, 3.63) is 30.0 Å². The predicted octanol–water partition coefficient (Wildman–Crippen LogP) is 1.50. The molecule has 2 N–H and O–H groups in total. The average Bonchev–Trinajstić information content (AvgIpc) is 2.80. The van der Waals surface area contributed by atoms with Gasteiger partial charge < -0.3 is 14.9 Å². The van der Waals surface area contributed by atoms with Crippen LogP contribution in [0.4, 0.5) is 0 Å². The molecule has 0 radical (unpaired) electrons. The molecule has 0 fully saturated rings. The van der Waals surface area contributed by atoms with E-state index < -0.39 is 0 Å². The van der Waals surface area contributed by atoms with E-state index in [4.69, 9.17) is 9.63 Å². The first-order valence-electron chi connectivity index (χ1n) is 6.23. The second-order valence-corrected chi connectivity index (χ2v) is 5.40. The first-order valence-corrected chi connectivity index (χ1v) is 6.23. The van der Waals surface area contributed by atoms with Gasteiger partial charge in [0.1, 0.15) is 5.69 Å². The minimum atomic E-state index is -0.318. The molecule has 5 nitrogen and oxygen atoms in total. The van der Waals surface area contributed by atoms with Gasteiger partial charge in [-0.1, -0.05) is 31.1 Å². The van der Waals surface area contributed by atoms with Gasteiger partial charge >= 0.3 is 0 Å². The Kier molecular flexibility index (Phi) is 3.85. The Bertz CT molecular complexity index is 575. The SMILES string of the molecule is CC(C)(CO)CNC(=O)Cc1noc2ccccc12. The Morgan fingerprint density at radius 1 is 1.42 bits per heavy atom. The Morgan fingerprint density at radius 2 is 2.16 bits per heavy atom. The van der Waals surface area contributed by atoms with Crippen LogP contribution < -0.4 is 5.32 Å². The molecule has 0 aliphatic carbocycles. The number of aliphatic hydroxyl groups excluding tert-OH is 1. The van der Waals surface area contributed by atoms with Crippen LogP contribution in [0.25, 0.3) is 11.0 Å². The monoisotopic (exact) mass is 262 g/mol. The van der Waals surface area contributed by atoms with E-state index in [0.717, 1.165) is 5.39 Å². The average molecular weight is 262 g/mol. The standard InChI is InChI=1S/C14H18N2O3/c1-14(2,9-17)8-15-13(18)7-11-10-5-3-4-6-12(10)19-16-11/h3-6,17H,7-9H2,1-2H3,(H,15,18). The number of benzene rings is 1. The zero-order chi connectivity index (χ0) is 13.9. The second kappa shape index (κ2) is 5.40. The molecule has 0 aliphatic heterocycles. The summed E-state index contributed by atoms with van der Waals surface area (Å²) in [5.74, 6) is -0.124. The lowest BCUT2D eigenvalue weighted by Gasteiger charge is -2.21. The van der Waals surface area contributed by atoms with E-state index in [1.54, 1.807) is 0 Å². The van der Waals surface area contributed by atoms with Crippen molar-refractivity contribution in [1.82, 2.24) is 10.5 Å². The van der Waals surface area contributed by atoms with Crippen LogP contribution in [0, 0.1) is 5.41 Å². The highest BCUT2D eigenvalue weighted by Gasteiger charge is 2.18. The van der Waals surface area contributed by atoms with E-state index in [2.05, 4.69) is 10.5 Å². The quantitative estimate of drug-likeness (QED) is 0.856. The molecule has 102 valence electrons. The molecular weight excluding hydrogens is 244 g/mol. The summed E-state index contributed by atoms with van der Waals surface area (Å²) in [6.45, 7) is 4.23. The lowest BCUT2D eigenvalue weighted by Crippen LogP contribution is -2.36. The first-order chi connectivity index (χ1) is 9.02. The van der Waals surface area contributed by atoms with Gasteiger partial charge in [0.2, 0.25) is 5.91 Å². The highest BCUT2D eigenvalue weighted by Crippen LogP contribution is 2.18. The van der Waals surface area contributed by atoms with E-state index >= 15 is 0 Å². The zero-order valence-corrected chi connectivity index (χ0v) is 11.1. The Balaban J connectivity index is 1.99. The molecule has 0 saturated heterocycles. The van der Waals surface area contributed by atoms with Crippen LogP contribution in [0.5, 0.6) is 0 Å². The fraction of sp³-hybridized carbons (Fsp3) is 0.429. The number of aliphatic hydroxyl groups is 1. The third kappa shape index (κ3) is 3.32. The number of carbonyl (C=O) groups is 1. The van der Waals surface area contributed by atoms with E-state index in [9.17, 15) is 4.79 Å². The molecule has 0 bridgehead atoms. The first kappa shape index (κ1) is 13.5. The summed E-state index contributed by atoms with van der Waals surface area (Å²) in [4.78, 5) is 11.8. The van der Waals surface area contributed by atoms with Crippen LogP contribution in [0.3, 0.4) is 0 Å². The van der Waals surface area contributed by atoms with Gasteiger partial charge in [0.25, 0.3) is 0 Å². The highest BCUT2D eigenvalue weighted by molar-refractivity contribution is 5.86. The van der Waals surface area contributed by atoms with E-state index in [1.165, 1.54) is 0 Å². The summed E-state index contributed by atoms with van der Waals surface area (Å²) in [6, 6.07) is 7.45. The maximum absolute atomic E-state index is 11.8. The van der Waals surface area contributed by atoms with Gasteiger partial charge in [-0.05, 0) is 12.1 Å². The number of nitrogens with zero attached hydrogens (tertiary/aromatic N) is 1. The van der Waals surface area contributed by atoms with Crippen molar-refractivity contribution in [3.8, 4) is 0 Å². The van der Waals surface area contributed by atoms with Gasteiger partial charge in [0.05, 0.1) is 6.42 Å². The van der Waals surface area contributed by atoms with Crippen LogP contribution in [0.1, 0.15) is 19.5 Å². The molecule has 5 heteroatoms. The fourth-order valence-electron chi connectivity index (χ4n) is 1.67. The summed E-state index contributed by atoms with van der Waals surface area (Å²) in [5.41, 5.74) is 0.998. The molecule has 0 aliphatic rings. The molecule has 0 unspecified atom stereocenters. The molecule has 2 rings (SSSR count). The number of rotatable bonds is 5. The van der Waals surface area contributed by atoms with Crippen LogP contribution in [-0.2, 0) is 11.2 Å². The van der Waals surface area contributed by atoms with Gasteiger partial charge in [-0.2, -0.15) is 0 Å². The van der Waals surface area contributed by atoms with Crippen molar-refractivity contribution in [3.63, 3.8) is 0 Å². The van der Waals surface area contributed by atoms with Crippen LogP contribution in [0.15, 0.2) is 28.8 Å². The third-order valence-electron chi connectivity index (χ3n) is 2.97. The lowest BCUT2D eigenvalue weighted by molar-refractivity contribution is -0.121. The van der Waals surface area contributed by atoms with Gasteiger partial charge in [0.15, 0.2) is 5.58 Å². The molecule has 1 aromatic heterocycles. The molecule has 0 spiro atoms. The van der Waals surface area contributed by atoms with Gasteiger partial charge in [-0.15, -0.1) is 0 Å². The lowest BCUT2D eigenvalue weighted by atomic mass is 9.95. The van der Waals surface area contributed by atoms with Gasteiger partial charge in [-0.25, -0.2) is 0 Å². The minimum absolute atomic E-state index is 0.0279. The van der Waals surface area contributed by atoms with Gasteiger partial charge in [0, 0.05) is 24.0 Å². The molecule has 1 heterocycles. The van der Waals surface area contributed by atoms with Gasteiger partial charge in [-0.3, -0.25) is 4.79 Å². The maximum atomic E-state index is 11.8. The molecule has 1 aromatic carbocycles. The van der Waals surface area contributed by atoms with Crippen LogP contribution >= 0.6 is 0 Å². The van der Waals surface area contributed by atoms with Crippen molar-refractivity contribution in [2.75, 3.05) is 13.2 Å². The largest absolute Gasteiger partial charge is 0.396 e. The van der Waals surface area contributed by atoms with E-state index in [-0.39, 0.29) is 24.3 Å². The summed E-state index contributed by atoms with van der Waals surface area (Å²) >= 11 is 0. The summed E-state index contributed by atoms with van der Waals surface area (Å²) in [5, 5.41) is 16.7. The fourth-order valence-corrected chi connectivity index (χ4v) is 1.67. The molecule has 19 heavy (non-hydrogen) atoms.